The smallest absolute Gasteiger partial charge is 0.0642 e. The fourth-order valence-corrected chi connectivity index (χ4v) is 2.62. The van der Waals surface area contributed by atoms with E-state index in [1.54, 1.807) is 0 Å². The summed E-state index contributed by atoms with van der Waals surface area (Å²) in [6.07, 6.45) is 5.72. The molecular formula is C16H27ClN2. The molecule has 2 N–H and O–H groups in total. The van der Waals surface area contributed by atoms with Crippen molar-refractivity contribution in [3.63, 3.8) is 0 Å². The van der Waals surface area contributed by atoms with Crippen molar-refractivity contribution in [2.45, 2.75) is 46.0 Å². The van der Waals surface area contributed by atoms with Crippen molar-refractivity contribution < 1.29 is 0 Å². The molecule has 0 amide bonds. The highest BCUT2D eigenvalue weighted by atomic mass is 35.5. The van der Waals surface area contributed by atoms with Crippen LogP contribution in [-0.2, 0) is 6.42 Å². The molecular weight excluding hydrogens is 256 g/mol. The zero-order valence-corrected chi connectivity index (χ0v) is 13.0. The molecule has 0 unspecified atom stereocenters. The highest BCUT2D eigenvalue weighted by molar-refractivity contribution is 6.33. The molecule has 0 fully saturated rings. The van der Waals surface area contributed by atoms with Crippen molar-refractivity contribution in [1.29, 1.82) is 0 Å². The minimum absolute atomic E-state index is 0.669. The minimum Gasteiger partial charge on any atom is -0.370 e. The third-order valence-corrected chi connectivity index (χ3v) is 3.67. The average Bonchev–Trinajstić information content (AvgIpc) is 2.41. The zero-order valence-electron chi connectivity index (χ0n) is 12.3. The van der Waals surface area contributed by atoms with Gasteiger partial charge in [-0.2, -0.15) is 0 Å². The summed E-state index contributed by atoms with van der Waals surface area (Å²) in [5.41, 5.74) is 8.20. The van der Waals surface area contributed by atoms with Gasteiger partial charge in [-0.05, 0) is 37.4 Å². The molecule has 0 bridgehead atoms. The summed E-state index contributed by atoms with van der Waals surface area (Å²) in [6.45, 7) is 7.29. The monoisotopic (exact) mass is 282 g/mol. The molecule has 0 aromatic heterocycles. The third kappa shape index (κ3) is 5.04. The summed E-state index contributed by atoms with van der Waals surface area (Å²) in [5.74, 6) is 0. The number of hydrogen-bond donors (Lipinski definition) is 1. The van der Waals surface area contributed by atoms with Gasteiger partial charge in [-0.3, -0.25) is 0 Å². The topological polar surface area (TPSA) is 29.3 Å². The van der Waals surface area contributed by atoms with Gasteiger partial charge < -0.3 is 10.6 Å². The van der Waals surface area contributed by atoms with E-state index in [0.717, 1.165) is 24.5 Å². The second-order valence-corrected chi connectivity index (χ2v) is 5.39. The molecule has 0 aliphatic heterocycles. The number of nitrogens with zero attached hydrogens (tertiary/aromatic N) is 1. The van der Waals surface area contributed by atoms with E-state index in [4.69, 9.17) is 17.3 Å². The lowest BCUT2D eigenvalue weighted by atomic mass is 10.1. The molecule has 0 aliphatic rings. The predicted octanol–water partition coefficient (Wildman–Crippen LogP) is 4.25. The van der Waals surface area contributed by atoms with Gasteiger partial charge in [-0.15, -0.1) is 0 Å². The Morgan fingerprint density at radius 1 is 1.11 bits per heavy atom. The molecule has 0 aliphatic carbocycles. The van der Waals surface area contributed by atoms with Crippen molar-refractivity contribution in [2.75, 3.05) is 24.5 Å². The Bertz CT molecular complexity index is 358. The van der Waals surface area contributed by atoms with Crippen LogP contribution in [0.2, 0.25) is 5.02 Å². The van der Waals surface area contributed by atoms with Crippen LogP contribution in [0.4, 0.5) is 5.69 Å². The van der Waals surface area contributed by atoms with Crippen LogP contribution < -0.4 is 10.6 Å². The van der Waals surface area contributed by atoms with E-state index in [0.29, 0.717) is 6.54 Å². The summed E-state index contributed by atoms with van der Waals surface area (Å²) in [4.78, 5) is 2.44. The Morgan fingerprint density at radius 2 is 1.74 bits per heavy atom. The molecule has 0 radical (unpaired) electrons. The molecule has 3 heteroatoms. The molecule has 1 aromatic carbocycles. The molecule has 0 saturated heterocycles. The molecule has 108 valence electrons. The minimum atomic E-state index is 0.669. The van der Waals surface area contributed by atoms with Gasteiger partial charge in [0, 0.05) is 13.1 Å². The van der Waals surface area contributed by atoms with E-state index in [2.05, 4.69) is 24.8 Å². The maximum Gasteiger partial charge on any atom is 0.0642 e. The van der Waals surface area contributed by atoms with Crippen LogP contribution in [0.3, 0.4) is 0 Å². The number of anilines is 1. The van der Waals surface area contributed by atoms with E-state index < -0.39 is 0 Å². The quantitative estimate of drug-likeness (QED) is 0.734. The van der Waals surface area contributed by atoms with Gasteiger partial charge in [-0.25, -0.2) is 0 Å². The third-order valence-electron chi connectivity index (χ3n) is 3.36. The van der Waals surface area contributed by atoms with Crippen LogP contribution in [0.1, 0.15) is 45.1 Å². The lowest BCUT2D eigenvalue weighted by molar-refractivity contribution is 0.675. The highest BCUT2D eigenvalue weighted by Crippen LogP contribution is 2.30. The lowest BCUT2D eigenvalue weighted by Gasteiger charge is -2.28. The molecule has 0 heterocycles. The Hall–Kier alpha value is -0.730. The number of rotatable bonds is 9. The van der Waals surface area contributed by atoms with Crippen LogP contribution in [0, 0.1) is 0 Å². The lowest BCUT2D eigenvalue weighted by Crippen LogP contribution is -2.27. The van der Waals surface area contributed by atoms with Gasteiger partial charge >= 0.3 is 0 Å². The number of benzene rings is 1. The first-order chi connectivity index (χ1) is 9.24. The second kappa shape index (κ2) is 9.22. The van der Waals surface area contributed by atoms with Crippen LogP contribution in [0.15, 0.2) is 18.2 Å². The number of nitrogens with two attached hydrogens (primary N) is 1. The van der Waals surface area contributed by atoms with Gasteiger partial charge in [0.1, 0.15) is 0 Å². The first-order valence-corrected chi connectivity index (χ1v) is 7.84. The Labute approximate surface area is 122 Å². The Morgan fingerprint density at radius 3 is 2.26 bits per heavy atom. The first kappa shape index (κ1) is 16.3. The normalized spacial score (nSPS) is 10.7. The van der Waals surface area contributed by atoms with Crippen LogP contribution >= 0.6 is 11.6 Å². The van der Waals surface area contributed by atoms with Gasteiger partial charge in [0.05, 0.1) is 10.7 Å². The number of para-hydroxylation sites is 1. The fraction of sp³-hybridized carbons (Fsp3) is 0.625. The largest absolute Gasteiger partial charge is 0.370 e. The van der Waals surface area contributed by atoms with Crippen LogP contribution in [-0.4, -0.2) is 19.6 Å². The van der Waals surface area contributed by atoms with Crippen molar-refractivity contribution in [2.24, 2.45) is 5.73 Å². The van der Waals surface area contributed by atoms with E-state index >= 15 is 0 Å². The van der Waals surface area contributed by atoms with E-state index in [1.165, 1.54) is 36.9 Å². The molecule has 19 heavy (non-hydrogen) atoms. The summed E-state index contributed by atoms with van der Waals surface area (Å²) >= 11 is 6.44. The SMILES string of the molecule is CCCCN(CCCC)c1c(Cl)cccc1CCN. The molecule has 1 rings (SSSR count). The van der Waals surface area contributed by atoms with Crippen molar-refractivity contribution >= 4 is 17.3 Å². The molecule has 2 nitrogen and oxygen atoms in total. The first-order valence-electron chi connectivity index (χ1n) is 7.47. The average molecular weight is 283 g/mol. The van der Waals surface area contributed by atoms with E-state index in [-0.39, 0.29) is 0 Å². The molecule has 1 aromatic rings. The molecule has 0 saturated carbocycles. The Kier molecular flexibility index (Phi) is 7.92. The summed E-state index contributed by atoms with van der Waals surface area (Å²) in [7, 11) is 0. The molecule has 0 spiro atoms. The zero-order chi connectivity index (χ0) is 14.1. The summed E-state index contributed by atoms with van der Waals surface area (Å²) < 4.78 is 0. The standard InChI is InChI=1S/C16H27ClN2/c1-3-5-12-19(13-6-4-2)16-14(10-11-18)8-7-9-15(16)17/h7-9H,3-6,10-13,18H2,1-2H3. The van der Waals surface area contributed by atoms with Crippen LogP contribution in [0.5, 0.6) is 0 Å². The van der Waals surface area contributed by atoms with E-state index in [9.17, 15) is 0 Å². The van der Waals surface area contributed by atoms with Crippen LogP contribution in [0.25, 0.3) is 0 Å². The van der Waals surface area contributed by atoms with Gasteiger partial charge in [0.2, 0.25) is 0 Å². The second-order valence-electron chi connectivity index (χ2n) is 4.98. The number of halogens is 1. The highest BCUT2D eigenvalue weighted by Gasteiger charge is 2.13. The number of unbranched alkanes of at least 4 members (excludes halogenated alkanes) is 2. The maximum atomic E-state index is 6.44. The Balaban J connectivity index is 2.97. The van der Waals surface area contributed by atoms with Gasteiger partial charge in [-0.1, -0.05) is 50.4 Å². The van der Waals surface area contributed by atoms with Crippen molar-refractivity contribution in [3.8, 4) is 0 Å². The van der Waals surface area contributed by atoms with Gasteiger partial charge in [0.15, 0.2) is 0 Å². The van der Waals surface area contributed by atoms with Crippen molar-refractivity contribution in [1.82, 2.24) is 0 Å². The fourth-order valence-electron chi connectivity index (χ4n) is 2.30. The predicted molar refractivity (Wildman–Crippen MR) is 86.2 cm³/mol. The number of hydrogen-bond acceptors (Lipinski definition) is 2. The van der Waals surface area contributed by atoms with E-state index in [1.807, 2.05) is 12.1 Å². The van der Waals surface area contributed by atoms with Crippen molar-refractivity contribution in [3.05, 3.63) is 28.8 Å². The van der Waals surface area contributed by atoms with Gasteiger partial charge in [0.25, 0.3) is 0 Å². The molecule has 0 atom stereocenters. The maximum absolute atomic E-state index is 6.44. The summed E-state index contributed by atoms with van der Waals surface area (Å²) in [5, 5.41) is 0.859. The summed E-state index contributed by atoms with van der Waals surface area (Å²) in [6, 6.07) is 6.16.